The van der Waals surface area contributed by atoms with Crippen molar-refractivity contribution in [2.45, 2.75) is 19.3 Å². The zero-order chi connectivity index (χ0) is 15.2. The fraction of sp³-hybridized carbons (Fsp3) is 0.467. The third-order valence-corrected chi connectivity index (χ3v) is 3.69. The van der Waals surface area contributed by atoms with Gasteiger partial charge in [-0.2, -0.15) is 5.26 Å². The van der Waals surface area contributed by atoms with E-state index in [9.17, 15) is 4.79 Å². The van der Waals surface area contributed by atoms with Crippen LogP contribution < -0.4 is 9.47 Å². The summed E-state index contributed by atoms with van der Waals surface area (Å²) >= 11 is 6.08. The van der Waals surface area contributed by atoms with E-state index < -0.39 is 0 Å². The molecule has 1 aromatic rings. The Labute approximate surface area is 129 Å². The summed E-state index contributed by atoms with van der Waals surface area (Å²) in [6, 6.07) is 5.02. The van der Waals surface area contributed by atoms with Gasteiger partial charge in [0.1, 0.15) is 0 Å². The monoisotopic (exact) mass is 308 g/mol. The second-order valence-electron chi connectivity index (χ2n) is 4.83. The molecule has 1 aromatic carbocycles. The molecule has 1 amide bonds. The largest absolute Gasteiger partial charge is 0.493 e. The third kappa shape index (κ3) is 3.79. The standard InChI is InChI=1S/C15H17ClN2O3/c1-20-13-8-11(9-17)7-12(16)15(13)21-10-14(19)18-5-3-2-4-6-18/h7-8H,2-6,10H2,1H3. The molecule has 0 saturated carbocycles. The number of carbonyl (C=O) groups excluding carboxylic acids is 1. The van der Waals surface area contributed by atoms with Crippen molar-refractivity contribution in [3.8, 4) is 17.6 Å². The Morgan fingerprint density at radius 2 is 2.10 bits per heavy atom. The van der Waals surface area contributed by atoms with Gasteiger partial charge in [-0.3, -0.25) is 4.79 Å². The summed E-state index contributed by atoms with van der Waals surface area (Å²) in [6.07, 6.45) is 3.24. The molecule has 0 radical (unpaired) electrons. The Kier molecular flexibility index (Phi) is 5.29. The van der Waals surface area contributed by atoms with Gasteiger partial charge in [0.15, 0.2) is 18.1 Å². The zero-order valence-corrected chi connectivity index (χ0v) is 12.7. The lowest BCUT2D eigenvalue weighted by atomic mass is 10.1. The smallest absolute Gasteiger partial charge is 0.260 e. The molecule has 112 valence electrons. The van der Waals surface area contributed by atoms with Crippen LogP contribution >= 0.6 is 11.6 Å². The molecule has 0 aromatic heterocycles. The van der Waals surface area contributed by atoms with Crippen LogP contribution in [0.3, 0.4) is 0 Å². The fourth-order valence-electron chi connectivity index (χ4n) is 2.29. The minimum atomic E-state index is -0.0814. The lowest BCUT2D eigenvalue weighted by molar-refractivity contribution is -0.134. The highest BCUT2D eigenvalue weighted by Crippen LogP contribution is 2.36. The second kappa shape index (κ2) is 7.19. The Bertz CT molecular complexity index is 563. The minimum Gasteiger partial charge on any atom is -0.493 e. The van der Waals surface area contributed by atoms with Crippen molar-refractivity contribution in [2.24, 2.45) is 0 Å². The zero-order valence-electron chi connectivity index (χ0n) is 11.9. The van der Waals surface area contributed by atoms with Gasteiger partial charge in [-0.25, -0.2) is 0 Å². The number of ether oxygens (including phenoxy) is 2. The quantitative estimate of drug-likeness (QED) is 0.857. The van der Waals surface area contributed by atoms with Gasteiger partial charge in [0.05, 0.1) is 23.8 Å². The number of benzene rings is 1. The molecule has 2 rings (SSSR count). The van der Waals surface area contributed by atoms with Crippen molar-refractivity contribution < 1.29 is 14.3 Å². The number of methoxy groups -OCH3 is 1. The summed E-state index contributed by atoms with van der Waals surface area (Å²) in [5.74, 6) is 0.589. The molecule has 1 saturated heterocycles. The Morgan fingerprint density at radius 1 is 1.38 bits per heavy atom. The number of rotatable bonds is 4. The number of piperidine rings is 1. The summed E-state index contributed by atoms with van der Waals surface area (Å²) < 4.78 is 10.7. The molecule has 1 heterocycles. The van der Waals surface area contributed by atoms with Crippen LogP contribution in [0.1, 0.15) is 24.8 Å². The molecule has 5 nitrogen and oxygen atoms in total. The van der Waals surface area contributed by atoms with E-state index in [1.165, 1.54) is 25.7 Å². The maximum absolute atomic E-state index is 12.1. The predicted octanol–water partition coefficient (Wildman–Crippen LogP) is 2.61. The van der Waals surface area contributed by atoms with Crippen LogP contribution in [-0.2, 0) is 4.79 Å². The Hall–Kier alpha value is -1.93. The first-order chi connectivity index (χ1) is 10.2. The maximum atomic E-state index is 12.1. The van der Waals surface area contributed by atoms with Gasteiger partial charge < -0.3 is 14.4 Å². The average molecular weight is 309 g/mol. The number of hydrogen-bond acceptors (Lipinski definition) is 4. The Balaban J connectivity index is 2.05. The third-order valence-electron chi connectivity index (χ3n) is 3.41. The van der Waals surface area contributed by atoms with Crippen molar-refractivity contribution in [3.63, 3.8) is 0 Å². The molecule has 0 atom stereocenters. The van der Waals surface area contributed by atoms with Crippen LogP contribution in [0, 0.1) is 11.3 Å². The van der Waals surface area contributed by atoms with E-state index in [0.29, 0.717) is 17.1 Å². The van der Waals surface area contributed by atoms with Crippen molar-refractivity contribution in [2.75, 3.05) is 26.8 Å². The molecule has 0 spiro atoms. The van der Waals surface area contributed by atoms with Gasteiger partial charge >= 0.3 is 0 Å². The first-order valence-corrected chi connectivity index (χ1v) is 7.21. The van der Waals surface area contributed by atoms with E-state index in [4.69, 9.17) is 26.3 Å². The number of nitrogens with zero attached hydrogens (tertiary/aromatic N) is 2. The number of nitriles is 1. The minimum absolute atomic E-state index is 0.0582. The highest BCUT2D eigenvalue weighted by Gasteiger charge is 2.19. The number of likely N-dealkylation sites (tertiary alicyclic amines) is 1. The van der Waals surface area contributed by atoms with Gasteiger partial charge in [0.2, 0.25) is 0 Å². The van der Waals surface area contributed by atoms with E-state index in [0.717, 1.165) is 25.9 Å². The van der Waals surface area contributed by atoms with Crippen LogP contribution in [-0.4, -0.2) is 37.6 Å². The molecule has 6 heteroatoms. The number of amides is 1. The molecule has 1 aliphatic heterocycles. The van der Waals surface area contributed by atoms with E-state index in [2.05, 4.69) is 0 Å². The summed E-state index contributed by atoms with van der Waals surface area (Å²) in [5.41, 5.74) is 0.381. The summed E-state index contributed by atoms with van der Waals surface area (Å²) in [7, 11) is 1.46. The normalized spacial score (nSPS) is 14.4. The Morgan fingerprint density at radius 3 is 2.71 bits per heavy atom. The average Bonchev–Trinajstić information content (AvgIpc) is 2.53. The summed E-state index contributed by atoms with van der Waals surface area (Å²) in [5, 5.41) is 9.16. The van der Waals surface area contributed by atoms with Crippen LogP contribution in [0.15, 0.2) is 12.1 Å². The second-order valence-corrected chi connectivity index (χ2v) is 5.24. The van der Waals surface area contributed by atoms with Gasteiger partial charge in [0.25, 0.3) is 5.91 Å². The van der Waals surface area contributed by atoms with Crippen molar-refractivity contribution >= 4 is 17.5 Å². The predicted molar refractivity (Wildman–Crippen MR) is 78.6 cm³/mol. The van der Waals surface area contributed by atoms with E-state index in [1.54, 1.807) is 4.90 Å². The lowest BCUT2D eigenvalue weighted by Gasteiger charge is -2.26. The number of halogens is 1. The lowest BCUT2D eigenvalue weighted by Crippen LogP contribution is -2.38. The topological polar surface area (TPSA) is 62.6 Å². The van der Waals surface area contributed by atoms with Gasteiger partial charge in [-0.1, -0.05) is 11.6 Å². The van der Waals surface area contributed by atoms with Crippen LogP contribution in [0.4, 0.5) is 0 Å². The summed E-state index contributed by atoms with van der Waals surface area (Å²) in [6.45, 7) is 1.48. The van der Waals surface area contributed by atoms with Crippen molar-refractivity contribution in [3.05, 3.63) is 22.7 Å². The highest BCUT2D eigenvalue weighted by molar-refractivity contribution is 6.32. The summed E-state index contributed by atoms with van der Waals surface area (Å²) in [4.78, 5) is 13.9. The first-order valence-electron chi connectivity index (χ1n) is 6.84. The molecule has 21 heavy (non-hydrogen) atoms. The first kappa shape index (κ1) is 15.5. The number of hydrogen-bond donors (Lipinski definition) is 0. The molecular weight excluding hydrogens is 292 g/mol. The molecule has 0 bridgehead atoms. The van der Waals surface area contributed by atoms with Crippen LogP contribution in [0.5, 0.6) is 11.5 Å². The number of carbonyl (C=O) groups is 1. The molecule has 0 unspecified atom stereocenters. The van der Waals surface area contributed by atoms with E-state index >= 15 is 0 Å². The van der Waals surface area contributed by atoms with Gasteiger partial charge in [-0.05, 0) is 25.3 Å². The van der Waals surface area contributed by atoms with E-state index in [1.807, 2.05) is 6.07 Å². The maximum Gasteiger partial charge on any atom is 0.260 e. The van der Waals surface area contributed by atoms with Gasteiger partial charge in [0, 0.05) is 19.2 Å². The highest BCUT2D eigenvalue weighted by atomic mass is 35.5. The van der Waals surface area contributed by atoms with Gasteiger partial charge in [-0.15, -0.1) is 0 Å². The molecule has 0 aliphatic carbocycles. The van der Waals surface area contributed by atoms with Crippen molar-refractivity contribution in [1.29, 1.82) is 5.26 Å². The molecule has 0 N–H and O–H groups in total. The fourth-order valence-corrected chi connectivity index (χ4v) is 2.56. The van der Waals surface area contributed by atoms with Crippen LogP contribution in [0.2, 0.25) is 5.02 Å². The molecule has 1 fully saturated rings. The SMILES string of the molecule is COc1cc(C#N)cc(Cl)c1OCC(=O)N1CCCCC1. The van der Waals surface area contributed by atoms with E-state index in [-0.39, 0.29) is 17.5 Å². The molecular formula is C15H17ClN2O3. The van der Waals surface area contributed by atoms with Crippen molar-refractivity contribution in [1.82, 2.24) is 4.90 Å². The van der Waals surface area contributed by atoms with Crippen LogP contribution in [0.25, 0.3) is 0 Å². The molecule has 1 aliphatic rings.